The molecule has 3 aromatic rings. The van der Waals surface area contributed by atoms with E-state index in [0.717, 1.165) is 5.56 Å². The van der Waals surface area contributed by atoms with Gasteiger partial charge in [0, 0.05) is 5.69 Å². The van der Waals surface area contributed by atoms with E-state index in [4.69, 9.17) is 0 Å². The summed E-state index contributed by atoms with van der Waals surface area (Å²) in [7, 11) is 0. The Labute approximate surface area is 113 Å². The Balaban J connectivity index is 1.73. The molecule has 2 heterocycles. The highest BCUT2D eigenvalue weighted by Crippen LogP contribution is 2.12. The van der Waals surface area contributed by atoms with Crippen LogP contribution in [0.15, 0.2) is 43.2 Å². The number of carbonyl (C=O) groups excluding carboxylic acids is 1. The maximum Gasteiger partial charge on any atom is 0.292 e. The summed E-state index contributed by atoms with van der Waals surface area (Å²) in [6, 6.07) is 7.49. The normalized spacial score (nSPS) is 10.4. The number of hydrogen-bond donors (Lipinski definition) is 2. The quantitative estimate of drug-likeness (QED) is 0.725. The average molecular weight is 269 g/mol. The Morgan fingerprint density at radius 3 is 3.05 bits per heavy atom. The van der Waals surface area contributed by atoms with Gasteiger partial charge in [-0.3, -0.25) is 9.89 Å². The Morgan fingerprint density at radius 1 is 1.35 bits per heavy atom. The van der Waals surface area contributed by atoms with Crippen LogP contribution in [0.3, 0.4) is 0 Å². The highest BCUT2D eigenvalue weighted by atomic mass is 16.2. The molecule has 8 nitrogen and oxygen atoms in total. The van der Waals surface area contributed by atoms with Crippen LogP contribution in [0, 0.1) is 0 Å². The zero-order chi connectivity index (χ0) is 13.8. The van der Waals surface area contributed by atoms with Crippen LogP contribution < -0.4 is 5.32 Å². The van der Waals surface area contributed by atoms with E-state index in [0.29, 0.717) is 12.2 Å². The molecule has 0 saturated heterocycles. The van der Waals surface area contributed by atoms with Crippen molar-refractivity contribution in [2.75, 3.05) is 5.32 Å². The minimum Gasteiger partial charge on any atom is -0.319 e. The van der Waals surface area contributed by atoms with Gasteiger partial charge in [0.1, 0.15) is 19.0 Å². The largest absolute Gasteiger partial charge is 0.319 e. The number of anilines is 1. The van der Waals surface area contributed by atoms with Crippen LogP contribution in [0.5, 0.6) is 0 Å². The van der Waals surface area contributed by atoms with Crippen molar-refractivity contribution in [2.24, 2.45) is 0 Å². The fraction of sp³-hybridized carbons (Fsp3) is 0.0833. The first-order valence-corrected chi connectivity index (χ1v) is 5.89. The van der Waals surface area contributed by atoms with Crippen molar-refractivity contribution < 1.29 is 4.79 Å². The lowest BCUT2D eigenvalue weighted by molar-refractivity contribution is 0.101. The highest BCUT2D eigenvalue weighted by molar-refractivity contribution is 6.01. The van der Waals surface area contributed by atoms with Gasteiger partial charge in [-0.1, -0.05) is 12.1 Å². The number of rotatable bonds is 4. The molecule has 3 rings (SSSR count). The van der Waals surface area contributed by atoms with E-state index in [1.54, 1.807) is 17.1 Å². The summed E-state index contributed by atoms with van der Waals surface area (Å²) in [5.41, 5.74) is 1.69. The van der Waals surface area contributed by atoms with E-state index < -0.39 is 0 Å². The van der Waals surface area contributed by atoms with Gasteiger partial charge in [0.2, 0.25) is 5.82 Å². The molecule has 0 atom stereocenters. The van der Waals surface area contributed by atoms with Gasteiger partial charge in [-0.15, -0.1) is 0 Å². The van der Waals surface area contributed by atoms with E-state index in [1.807, 2.05) is 18.2 Å². The van der Waals surface area contributed by atoms with Crippen molar-refractivity contribution in [3.63, 3.8) is 0 Å². The third kappa shape index (κ3) is 2.69. The van der Waals surface area contributed by atoms with Gasteiger partial charge in [0.25, 0.3) is 5.91 Å². The predicted octanol–water partition coefficient (Wildman–Crippen LogP) is 0.697. The van der Waals surface area contributed by atoms with Crippen LogP contribution in [0.2, 0.25) is 0 Å². The van der Waals surface area contributed by atoms with Crippen molar-refractivity contribution in [3.05, 3.63) is 54.6 Å². The van der Waals surface area contributed by atoms with Gasteiger partial charge in [0.15, 0.2) is 0 Å². The van der Waals surface area contributed by atoms with Gasteiger partial charge in [0.05, 0.1) is 6.54 Å². The number of amides is 1. The molecule has 8 heteroatoms. The summed E-state index contributed by atoms with van der Waals surface area (Å²) in [5.74, 6) is -0.160. The Morgan fingerprint density at radius 2 is 2.30 bits per heavy atom. The van der Waals surface area contributed by atoms with E-state index in [-0.39, 0.29) is 11.7 Å². The van der Waals surface area contributed by atoms with Crippen LogP contribution in [-0.2, 0) is 6.54 Å². The summed E-state index contributed by atoms with van der Waals surface area (Å²) in [6.07, 6.45) is 4.41. The van der Waals surface area contributed by atoms with Crippen LogP contribution in [-0.4, -0.2) is 35.9 Å². The fourth-order valence-electron chi connectivity index (χ4n) is 1.75. The number of benzene rings is 1. The first kappa shape index (κ1) is 12.0. The standard InChI is InChI=1S/C12H11N7O/c20-12(11-14-7-15-18-11)17-10-3-1-2-9(4-10)5-19-8-13-6-16-19/h1-4,6-8H,5H2,(H,17,20)(H,14,15,18). The van der Waals surface area contributed by atoms with Gasteiger partial charge in [-0.2, -0.15) is 10.2 Å². The summed E-state index contributed by atoms with van der Waals surface area (Å²) in [5, 5.41) is 12.9. The molecule has 1 aromatic carbocycles. The first-order valence-electron chi connectivity index (χ1n) is 5.89. The molecule has 0 saturated carbocycles. The number of carbonyl (C=O) groups is 1. The van der Waals surface area contributed by atoms with Crippen molar-refractivity contribution in [1.29, 1.82) is 0 Å². The molecular weight excluding hydrogens is 258 g/mol. The Bertz CT molecular complexity index is 690. The molecule has 0 bridgehead atoms. The lowest BCUT2D eigenvalue weighted by Crippen LogP contribution is -2.14. The lowest BCUT2D eigenvalue weighted by Gasteiger charge is -2.06. The van der Waals surface area contributed by atoms with Crippen LogP contribution >= 0.6 is 0 Å². The molecule has 1 amide bonds. The summed E-state index contributed by atoms with van der Waals surface area (Å²) in [4.78, 5) is 19.5. The minimum atomic E-state index is -0.333. The molecule has 20 heavy (non-hydrogen) atoms. The topological polar surface area (TPSA) is 101 Å². The molecule has 0 radical (unpaired) electrons. The van der Waals surface area contributed by atoms with Crippen molar-refractivity contribution in [1.82, 2.24) is 29.9 Å². The summed E-state index contributed by atoms with van der Waals surface area (Å²) in [6.45, 7) is 0.589. The third-order valence-corrected chi connectivity index (χ3v) is 2.63. The van der Waals surface area contributed by atoms with Crippen LogP contribution in [0.4, 0.5) is 5.69 Å². The zero-order valence-electron chi connectivity index (χ0n) is 10.4. The number of aromatic amines is 1. The van der Waals surface area contributed by atoms with Crippen molar-refractivity contribution in [3.8, 4) is 0 Å². The number of nitrogens with zero attached hydrogens (tertiary/aromatic N) is 5. The second-order valence-corrected chi connectivity index (χ2v) is 4.08. The van der Waals surface area contributed by atoms with Gasteiger partial charge in [-0.25, -0.2) is 14.6 Å². The van der Waals surface area contributed by atoms with E-state index in [9.17, 15) is 4.79 Å². The highest BCUT2D eigenvalue weighted by Gasteiger charge is 2.09. The second kappa shape index (κ2) is 5.31. The number of aromatic nitrogens is 6. The maximum absolute atomic E-state index is 11.8. The van der Waals surface area contributed by atoms with E-state index in [2.05, 4.69) is 30.6 Å². The number of hydrogen-bond acceptors (Lipinski definition) is 5. The number of nitrogens with one attached hydrogen (secondary N) is 2. The maximum atomic E-state index is 11.8. The monoisotopic (exact) mass is 269 g/mol. The summed E-state index contributed by atoms with van der Waals surface area (Å²) < 4.78 is 1.71. The lowest BCUT2D eigenvalue weighted by atomic mass is 10.2. The van der Waals surface area contributed by atoms with Crippen molar-refractivity contribution >= 4 is 11.6 Å². The van der Waals surface area contributed by atoms with E-state index in [1.165, 1.54) is 12.7 Å². The first-order chi connectivity index (χ1) is 9.81. The van der Waals surface area contributed by atoms with Gasteiger partial charge < -0.3 is 5.32 Å². The second-order valence-electron chi connectivity index (χ2n) is 4.08. The zero-order valence-corrected chi connectivity index (χ0v) is 10.4. The minimum absolute atomic E-state index is 0.173. The molecule has 0 spiro atoms. The number of H-pyrrole nitrogens is 1. The fourth-order valence-corrected chi connectivity index (χ4v) is 1.75. The smallest absolute Gasteiger partial charge is 0.292 e. The molecule has 0 aliphatic carbocycles. The molecule has 0 unspecified atom stereocenters. The molecule has 0 aliphatic rings. The molecule has 100 valence electrons. The SMILES string of the molecule is O=C(Nc1cccc(Cn2cncn2)c1)c1ncn[nH]1. The van der Waals surface area contributed by atoms with Crippen LogP contribution in [0.25, 0.3) is 0 Å². The molecular formula is C12H11N7O. The van der Waals surface area contributed by atoms with Gasteiger partial charge in [-0.05, 0) is 17.7 Å². The van der Waals surface area contributed by atoms with Gasteiger partial charge >= 0.3 is 0 Å². The third-order valence-electron chi connectivity index (χ3n) is 2.63. The molecule has 2 aromatic heterocycles. The summed E-state index contributed by atoms with van der Waals surface area (Å²) >= 11 is 0. The van der Waals surface area contributed by atoms with Crippen LogP contribution in [0.1, 0.15) is 16.2 Å². The van der Waals surface area contributed by atoms with E-state index >= 15 is 0 Å². The molecule has 0 aliphatic heterocycles. The molecule has 0 fully saturated rings. The molecule has 2 N–H and O–H groups in total. The Kier molecular flexibility index (Phi) is 3.19. The van der Waals surface area contributed by atoms with Crippen molar-refractivity contribution in [2.45, 2.75) is 6.54 Å². The predicted molar refractivity (Wildman–Crippen MR) is 69.9 cm³/mol. The average Bonchev–Trinajstić information content (AvgIpc) is 3.12. The Hall–Kier alpha value is -3.03.